The number of aryl methyl sites for hydroxylation is 1. The van der Waals surface area contributed by atoms with Crippen LogP contribution < -0.4 is 9.47 Å². The minimum Gasteiger partial charge on any atom is -0.454 e. The molecule has 4 nitrogen and oxygen atoms in total. The topological polar surface area (TPSA) is 48.4 Å². The maximum Gasteiger partial charge on any atom is 0.231 e. The SMILES string of the molecule is Cc1cc2cc3c(cc2nc1SCC(=O)c1ccccc1)OCO3. The van der Waals surface area contributed by atoms with Crippen LogP contribution >= 0.6 is 11.8 Å². The summed E-state index contributed by atoms with van der Waals surface area (Å²) in [6, 6.07) is 15.2. The van der Waals surface area contributed by atoms with Gasteiger partial charge in [0.05, 0.1) is 11.3 Å². The molecule has 0 radical (unpaired) electrons. The Kier molecular flexibility index (Phi) is 3.86. The standard InChI is InChI=1S/C19H15NO3S/c1-12-7-14-8-17-18(23-11-22-17)9-15(14)20-19(12)24-10-16(21)13-5-3-2-4-6-13/h2-9H,10-11H2,1H3. The van der Waals surface area contributed by atoms with Crippen molar-refractivity contribution in [1.29, 1.82) is 0 Å². The van der Waals surface area contributed by atoms with Crippen LogP contribution in [0.5, 0.6) is 11.5 Å². The molecule has 2 aromatic carbocycles. The van der Waals surface area contributed by atoms with Crippen molar-refractivity contribution in [2.45, 2.75) is 11.9 Å². The molecule has 0 unspecified atom stereocenters. The molecule has 0 spiro atoms. The fourth-order valence-electron chi connectivity index (χ4n) is 2.64. The molecule has 3 aromatic rings. The predicted molar refractivity (Wildman–Crippen MR) is 94.1 cm³/mol. The van der Waals surface area contributed by atoms with Crippen LogP contribution in [-0.2, 0) is 0 Å². The summed E-state index contributed by atoms with van der Waals surface area (Å²) < 4.78 is 10.8. The number of fused-ring (bicyclic) bond motifs is 2. The molecule has 1 aliphatic rings. The lowest BCUT2D eigenvalue weighted by Crippen LogP contribution is -2.02. The molecule has 0 N–H and O–H groups in total. The van der Waals surface area contributed by atoms with Crippen LogP contribution in [0, 0.1) is 6.92 Å². The molecule has 0 saturated carbocycles. The smallest absolute Gasteiger partial charge is 0.231 e. The van der Waals surface area contributed by atoms with Crippen LogP contribution in [0.15, 0.2) is 53.6 Å². The predicted octanol–water partition coefficient (Wildman–Crippen LogP) is 4.25. The summed E-state index contributed by atoms with van der Waals surface area (Å²) in [6.07, 6.45) is 0. The van der Waals surface area contributed by atoms with Gasteiger partial charge in [-0.25, -0.2) is 4.98 Å². The molecule has 0 saturated heterocycles. The van der Waals surface area contributed by atoms with Crippen LogP contribution in [0.3, 0.4) is 0 Å². The molecule has 4 rings (SSSR count). The molecule has 0 aliphatic carbocycles. The van der Waals surface area contributed by atoms with Crippen molar-refractivity contribution >= 4 is 28.4 Å². The molecule has 5 heteroatoms. The highest BCUT2D eigenvalue weighted by atomic mass is 32.2. The first kappa shape index (κ1) is 15.0. The maximum absolute atomic E-state index is 12.3. The van der Waals surface area contributed by atoms with Gasteiger partial charge < -0.3 is 9.47 Å². The number of pyridine rings is 1. The van der Waals surface area contributed by atoms with E-state index >= 15 is 0 Å². The average Bonchev–Trinajstić information content (AvgIpc) is 3.05. The molecule has 0 amide bonds. The van der Waals surface area contributed by atoms with E-state index < -0.39 is 0 Å². The second kappa shape index (κ2) is 6.17. The highest BCUT2D eigenvalue weighted by Crippen LogP contribution is 2.36. The second-order valence-corrected chi connectivity index (χ2v) is 6.55. The quantitative estimate of drug-likeness (QED) is 0.526. The van der Waals surface area contributed by atoms with E-state index in [0.29, 0.717) is 5.75 Å². The average molecular weight is 337 g/mol. The first-order chi connectivity index (χ1) is 11.7. The largest absolute Gasteiger partial charge is 0.454 e. The Morgan fingerprint density at radius 3 is 2.67 bits per heavy atom. The number of rotatable bonds is 4. The third-order valence-electron chi connectivity index (χ3n) is 3.89. The lowest BCUT2D eigenvalue weighted by atomic mass is 10.1. The number of hydrogen-bond acceptors (Lipinski definition) is 5. The van der Waals surface area contributed by atoms with Crippen molar-refractivity contribution in [3.05, 3.63) is 59.7 Å². The van der Waals surface area contributed by atoms with E-state index in [-0.39, 0.29) is 12.6 Å². The van der Waals surface area contributed by atoms with E-state index in [9.17, 15) is 4.79 Å². The number of carbonyl (C=O) groups excluding carboxylic acids is 1. The van der Waals surface area contributed by atoms with Gasteiger partial charge in [-0.2, -0.15) is 0 Å². The molecule has 0 atom stereocenters. The molecule has 2 heterocycles. The Hall–Kier alpha value is -2.53. The van der Waals surface area contributed by atoms with E-state index in [1.54, 1.807) is 0 Å². The van der Waals surface area contributed by atoms with Gasteiger partial charge in [0.2, 0.25) is 6.79 Å². The Bertz CT molecular complexity index is 925. The molecule has 0 bridgehead atoms. The molecule has 0 fully saturated rings. The number of thioether (sulfide) groups is 1. The number of benzene rings is 2. The second-order valence-electron chi connectivity index (χ2n) is 5.59. The van der Waals surface area contributed by atoms with E-state index in [2.05, 4.69) is 6.07 Å². The molecule has 120 valence electrons. The number of ether oxygens (including phenoxy) is 2. The fourth-order valence-corrected chi connectivity index (χ4v) is 3.52. The van der Waals surface area contributed by atoms with Crippen LogP contribution in [0.4, 0.5) is 0 Å². The molecular weight excluding hydrogens is 322 g/mol. The zero-order valence-electron chi connectivity index (χ0n) is 13.1. The summed E-state index contributed by atoms with van der Waals surface area (Å²) in [5.41, 5.74) is 2.62. The van der Waals surface area contributed by atoms with Crippen LogP contribution in [0.1, 0.15) is 15.9 Å². The zero-order chi connectivity index (χ0) is 16.5. The summed E-state index contributed by atoms with van der Waals surface area (Å²) >= 11 is 1.47. The van der Waals surface area contributed by atoms with Gasteiger partial charge in [0, 0.05) is 17.0 Å². The molecule has 1 aromatic heterocycles. The van der Waals surface area contributed by atoms with Gasteiger partial charge in [-0.05, 0) is 24.6 Å². The lowest BCUT2D eigenvalue weighted by Gasteiger charge is -2.08. The van der Waals surface area contributed by atoms with E-state index in [4.69, 9.17) is 14.5 Å². The highest BCUT2D eigenvalue weighted by molar-refractivity contribution is 8.00. The van der Waals surface area contributed by atoms with Gasteiger partial charge in [0.15, 0.2) is 17.3 Å². The summed E-state index contributed by atoms with van der Waals surface area (Å²) in [4.78, 5) is 17.0. The zero-order valence-corrected chi connectivity index (χ0v) is 13.9. The van der Waals surface area contributed by atoms with Crippen molar-refractivity contribution < 1.29 is 14.3 Å². The number of ketones is 1. The van der Waals surface area contributed by atoms with Crippen LogP contribution in [0.2, 0.25) is 0 Å². The van der Waals surface area contributed by atoms with Crippen LogP contribution in [0.25, 0.3) is 10.9 Å². The number of carbonyl (C=O) groups is 1. The summed E-state index contributed by atoms with van der Waals surface area (Å²) in [7, 11) is 0. The summed E-state index contributed by atoms with van der Waals surface area (Å²) in [5.74, 6) is 1.94. The molecular formula is C19H15NO3S. The number of Topliss-reactive ketones (excluding diaryl/α,β-unsaturated/α-hetero) is 1. The van der Waals surface area contributed by atoms with Gasteiger partial charge in [-0.15, -0.1) is 0 Å². The third kappa shape index (κ3) is 2.83. The first-order valence-electron chi connectivity index (χ1n) is 7.63. The minimum atomic E-state index is 0.104. The van der Waals surface area contributed by atoms with Gasteiger partial charge in [0.25, 0.3) is 0 Å². The number of nitrogens with zero attached hydrogens (tertiary/aromatic N) is 1. The van der Waals surface area contributed by atoms with Gasteiger partial charge in [-0.1, -0.05) is 42.1 Å². The Balaban J connectivity index is 1.59. The van der Waals surface area contributed by atoms with Crippen LogP contribution in [-0.4, -0.2) is 23.3 Å². The maximum atomic E-state index is 12.3. The fraction of sp³-hybridized carbons (Fsp3) is 0.158. The van der Waals surface area contributed by atoms with Gasteiger partial charge in [0.1, 0.15) is 5.03 Å². The molecule has 1 aliphatic heterocycles. The van der Waals surface area contributed by atoms with Crippen molar-refractivity contribution in [3.8, 4) is 11.5 Å². The Morgan fingerprint density at radius 1 is 1.12 bits per heavy atom. The summed E-state index contributed by atoms with van der Waals surface area (Å²) in [6.45, 7) is 2.25. The minimum absolute atomic E-state index is 0.104. The van der Waals surface area contributed by atoms with Crippen molar-refractivity contribution in [2.75, 3.05) is 12.5 Å². The van der Waals surface area contributed by atoms with Crippen molar-refractivity contribution in [1.82, 2.24) is 4.98 Å². The van der Waals surface area contributed by atoms with Crippen molar-refractivity contribution in [3.63, 3.8) is 0 Å². The first-order valence-corrected chi connectivity index (χ1v) is 8.61. The number of aromatic nitrogens is 1. The van der Waals surface area contributed by atoms with Crippen molar-refractivity contribution in [2.24, 2.45) is 0 Å². The monoisotopic (exact) mass is 337 g/mol. The van der Waals surface area contributed by atoms with Gasteiger partial charge >= 0.3 is 0 Å². The highest BCUT2D eigenvalue weighted by Gasteiger charge is 2.16. The summed E-state index contributed by atoms with van der Waals surface area (Å²) in [5, 5.41) is 1.88. The Labute approximate surface area is 143 Å². The van der Waals surface area contributed by atoms with E-state index in [1.807, 2.05) is 49.4 Å². The van der Waals surface area contributed by atoms with E-state index in [0.717, 1.165) is 38.6 Å². The molecule has 24 heavy (non-hydrogen) atoms. The lowest BCUT2D eigenvalue weighted by molar-refractivity contribution is 0.102. The third-order valence-corrected chi connectivity index (χ3v) is 4.98. The normalized spacial score (nSPS) is 12.5. The van der Waals surface area contributed by atoms with E-state index in [1.165, 1.54) is 11.8 Å². The van der Waals surface area contributed by atoms with Gasteiger partial charge in [-0.3, -0.25) is 4.79 Å². The number of hydrogen-bond donors (Lipinski definition) is 0. The Morgan fingerprint density at radius 2 is 1.88 bits per heavy atom.